The van der Waals surface area contributed by atoms with Gasteiger partial charge in [0.05, 0.1) is 0 Å². The zero-order valence-electron chi connectivity index (χ0n) is 25.0. The maximum Gasteiger partial charge on any atom is 0.223 e. The molecule has 9 atom stereocenters. The number of fused-ring (bicyclic) bond motifs is 2. The number of aliphatic carboxylic acids is 2. The predicted octanol–water partition coefficient (Wildman–Crippen LogP) is -0.172. The molecule has 12 heteroatoms. The molecule has 1 aliphatic carbocycles. The molecule has 41 heavy (non-hydrogen) atoms. The fourth-order valence-electron chi connectivity index (χ4n) is 6.85. The zero-order chi connectivity index (χ0) is 30.7. The minimum Gasteiger partial charge on any atom is -0.550 e. The Hall–Kier alpha value is -1.50. The fraction of sp³-hybridized carbons (Fsp3) is 0.862. The van der Waals surface area contributed by atoms with Gasteiger partial charge in [-0.1, -0.05) is 27.7 Å². The Balaban J connectivity index is 2.59. The third-order valence-corrected chi connectivity index (χ3v) is 12.5. The monoisotopic (exact) mass is 614 g/mol. The number of carbonyl (C=O) groups excluding carboxylic acids is 4. The Morgan fingerprint density at radius 3 is 2.20 bits per heavy atom. The van der Waals surface area contributed by atoms with Crippen LogP contribution in [0.5, 0.6) is 0 Å². The molecule has 0 aromatic rings. The lowest BCUT2D eigenvalue weighted by molar-refractivity contribution is -0.314. The zero-order valence-corrected chi connectivity index (χ0v) is 26.7. The molecule has 1 saturated heterocycles. The van der Waals surface area contributed by atoms with Crippen molar-refractivity contribution in [3.8, 4) is 0 Å². The summed E-state index contributed by atoms with van der Waals surface area (Å²) in [6.07, 6.45) is 1.37. The van der Waals surface area contributed by atoms with Crippen LogP contribution in [0.3, 0.4) is 0 Å². The van der Waals surface area contributed by atoms with E-state index in [1.54, 1.807) is 23.5 Å². The van der Waals surface area contributed by atoms with Crippen molar-refractivity contribution in [2.75, 3.05) is 43.4 Å². The molecule has 0 radical (unpaired) electrons. The highest BCUT2D eigenvalue weighted by Crippen LogP contribution is 2.51. The first-order valence-corrected chi connectivity index (χ1v) is 17.1. The van der Waals surface area contributed by atoms with Crippen LogP contribution in [0, 0.1) is 47.3 Å². The van der Waals surface area contributed by atoms with E-state index in [1.165, 1.54) is 0 Å². The van der Waals surface area contributed by atoms with Crippen molar-refractivity contribution in [3.63, 3.8) is 0 Å². The van der Waals surface area contributed by atoms with Crippen LogP contribution in [0.2, 0.25) is 0 Å². The number of carboxylic acid groups (broad SMARTS) is 2. The Labute approximate surface area is 253 Å². The molecule has 1 saturated carbocycles. The Morgan fingerprint density at radius 2 is 1.61 bits per heavy atom. The summed E-state index contributed by atoms with van der Waals surface area (Å²) in [6.45, 7) is 9.38. The molecular formula is C29H50N4O6S2-2. The second kappa shape index (κ2) is 17.0. The summed E-state index contributed by atoms with van der Waals surface area (Å²) in [5.74, 6) is -4.88. The maximum absolute atomic E-state index is 13.5. The van der Waals surface area contributed by atoms with E-state index < -0.39 is 46.3 Å². The largest absolute Gasteiger partial charge is 0.550 e. The quantitative estimate of drug-likeness (QED) is 0.240. The molecule has 2 amide bonds. The van der Waals surface area contributed by atoms with Crippen LogP contribution in [0.1, 0.15) is 59.8 Å². The van der Waals surface area contributed by atoms with Gasteiger partial charge in [0.2, 0.25) is 11.8 Å². The number of rotatable bonds is 10. The highest BCUT2D eigenvalue weighted by molar-refractivity contribution is 8.00. The minimum absolute atomic E-state index is 0.0683. The van der Waals surface area contributed by atoms with Crippen LogP contribution in [0.25, 0.3) is 0 Å². The molecular weight excluding hydrogens is 564 g/mol. The Morgan fingerprint density at radius 1 is 0.951 bits per heavy atom. The van der Waals surface area contributed by atoms with Crippen LogP contribution < -0.4 is 32.3 Å². The molecule has 236 valence electrons. The number of nitrogens with one attached hydrogen (secondary N) is 2. The highest BCUT2D eigenvalue weighted by Gasteiger charge is 2.50. The van der Waals surface area contributed by atoms with Crippen LogP contribution in [0.15, 0.2) is 0 Å². The number of amides is 2. The number of hydrogen-bond acceptors (Lipinski definition) is 10. The normalized spacial score (nSPS) is 35.4. The van der Waals surface area contributed by atoms with E-state index in [1.807, 2.05) is 27.7 Å². The molecule has 2 aliphatic rings. The van der Waals surface area contributed by atoms with Crippen molar-refractivity contribution in [1.29, 1.82) is 0 Å². The van der Waals surface area contributed by atoms with Gasteiger partial charge < -0.3 is 41.9 Å². The summed E-state index contributed by atoms with van der Waals surface area (Å²) in [4.78, 5) is 52.1. The number of hydrogen-bond donors (Lipinski definition) is 4. The highest BCUT2D eigenvalue weighted by atomic mass is 32.2. The van der Waals surface area contributed by atoms with Gasteiger partial charge in [0.1, 0.15) is 0 Å². The second-order valence-electron chi connectivity index (χ2n) is 12.0. The van der Waals surface area contributed by atoms with Crippen molar-refractivity contribution in [2.24, 2.45) is 58.8 Å². The van der Waals surface area contributed by atoms with Crippen LogP contribution in [-0.2, 0) is 19.2 Å². The van der Waals surface area contributed by atoms with E-state index in [0.29, 0.717) is 50.4 Å². The molecule has 1 aliphatic heterocycles. The third kappa shape index (κ3) is 9.49. The molecule has 10 nitrogen and oxygen atoms in total. The van der Waals surface area contributed by atoms with E-state index in [0.717, 1.165) is 5.75 Å². The van der Waals surface area contributed by atoms with Gasteiger partial charge in [-0.05, 0) is 68.2 Å². The lowest BCUT2D eigenvalue weighted by Gasteiger charge is -2.50. The van der Waals surface area contributed by atoms with E-state index in [9.17, 15) is 29.4 Å². The molecule has 0 aromatic carbocycles. The predicted molar refractivity (Wildman–Crippen MR) is 160 cm³/mol. The Bertz CT molecular complexity index is 895. The lowest BCUT2D eigenvalue weighted by Crippen LogP contribution is -2.55. The van der Waals surface area contributed by atoms with Gasteiger partial charge in [0, 0.05) is 71.3 Å². The third-order valence-electron chi connectivity index (χ3n) is 9.57. The lowest BCUT2D eigenvalue weighted by atomic mass is 9.66. The van der Waals surface area contributed by atoms with Crippen LogP contribution in [0.4, 0.5) is 0 Å². The first kappa shape index (κ1) is 35.7. The number of nitrogens with two attached hydrogens (primary N) is 2. The van der Waals surface area contributed by atoms with E-state index >= 15 is 0 Å². The van der Waals surface area contributed by atoms with Crippen molar-refractivity contribution in [2.45, 2.75) is 64.5 Å². The van der Waals surface area contributed by atoms with Gasteiger partial charge in [-0.2, -0.15) is 23.5 Å². The van der Waals surface area contributed by atoms with Crippen LogP contribution >= 0.6 is 23.5 Å². The maximum atomic E-state index is 13.5. The second-order valence-corrected chi connectivity index (χ2v) is 14.7. The summed E-state index contributed by atoms with van der Waals surface area (Å²) < 4.78 is -0.733. The molecule has 2 bridgehead atoms. The van der Waals surface area contributed by atoms with Crippen molar-refractivity contribution < 1.29 is 29.4 Å². The summed E-state index contributed by atoms with van der Waals surface area (Å²) >= 11 is 3.24. The summed E-state index contributed by atoms with van der Waals surface area (Å²) in [6, 6.07) is 0. The van der Waals surface area contributed by atoms with Gasteiger partial charge in [-0.3, -0.25) is 9.59 Å². The van der Waals surface area contributed by atoms with Crippen LogP contribution in [-0.4, -0.2) is 71.9 Å². The van der Waals surface area contributed by atoms with Gasteiger partial charge in [-0.15, -0.1) is 0 Å². The van der Waals surface area contributed by atoms with Crippen molar-refractivity contribution in [1.82, 2.24) is 10.6 Å². The summed E-state index contributed by atoms with van der Waals surface area (Å²) in [5, 5.41) is 31.1. The van der Waals surface area contributed by atoms with E-state index in [-0.39, 0.29) is 49.0 Å². The summed E-state index contributed by atoms with van der Waals surface area (Å²) in [5.41, 5.74) is 11.7. The smallest absolute Gasteiger partial charge is 0.223 e. The number of carboxylic acids is 2. The molecule has 0 spiro atoms. The number of thioether (sulfide) groups is 2. The SMILES string of the molecule is CC1CC(C(=O)[O-])CC2C(=O)NCCSC(CCN)(C(C)C(C(=O)[O-])CC(C(=O)NCCSCCN)CC1C)C2C. The van der Waals surface area contributed by atoms with Gasteiger partial charge in [0.25, 0.3) is 0 Å². The molecule has 2 rings (SSSR count). The summed E-state index contributed by atoms with van der Waals surface area (Å²) in [7, 11) is 0. The molecule has 1 heterocycles. The standard InChI is InChI=1S/C29H52N4O6S2/c1-17-13-21(25(34)32-8-11-40-10-7-31)15-24(28(38)39)20(4)29(5-6-30)19(3)23(26(35)33-9-12-41-29)16-22(27(36)37)14-18(17)2/h17-24H,5-16,30-31H2,1-4H3,(H,32,34)(H,33,35)(H,36,37)(H,38,39)/p-2. The van der Waals surface area contributed by atoms with Crippen molar-refractivity contribution in [3.05, 3.63) is 0 Å². The number of carbonyl (C=O) groups is 4. The molecule has 9 unspecified atom stereocenters. The molecule has 2 fully saturated rings. The first-order valence-electron chi connectivity index (χ1n) is 15.0. The average Bonchev–Trinajstić information content (AvgIpc) is 2.92. The van der Waals surface area contributed by atoms with E-state index in [2.05, 4.69) is 10.6 Å². The topological polar surface area (TPSA) is 190 Å². The first-order chi connectivity index (χ1) is 19.4. The van der Waals surface area contributed by atoms with E-state index in [4.69, 9.17) is 11.5 Å². The molecule has 0 aromatic heterocycles. The minimum atomic E-state index is -1.22. The Kier molecular flexibility index (Phi) is 14.8. The van der Waals surface area contributed by atoms with Gasteiger partial charge in [0.15, 0.2) is 0 Å². The fourth-order valence-corrected chi connectivity index (χ4v) is 9.17. The van der Waals surface area contributed by atoms with Gasteiger partial charge >= 0.3 is 0 Å². The van der Waals surface area contributed by atoms with Gasteiger partial charge in [-0.25, -0.2) is 0 Å². The van der Waals surface area contributed by atoms with Crippen molar-refractivity contribution >= 4 is 47.3 Å². The molecule has 6 N–H and O–H groups in total. The average molecular weight is 615 g/mol.